The van der Waals surface area contributed by atoms with Gasteiger partial charge in [-0.3, -0.25) is 9.36 Å². The number of para-hydroxylation sites is 1. The molecule has 1 aromatic carbocycles. The molecule has 0 radical (unpaired) electrons. The molecule has 1 aromatic heterocycles. The van der Waals surface area contributed by atoms with E-state index in [1.807, 2.05) is 0 Å². The number of aromatic nitrogens is 1. The van der Waals surface area contributed by atoms with Crippen LogP contribution in [0.4, 0.5) is 0 Å². The van der Waals surface area contributed by atoms with Crippen molar-refractivity contribution < 1.29 is 14.3 Å². The van der Waals surface area contributed by atoms with Crippen molar-refractivity contribution in [3.63, 3.8) is 0 Å². The van der Waals surface area contributed by atoms with Crippen LogP contribution in [0.5, 0.6) is 0 Å². The van der Waals surface area contributed by atoms with Crippen molar-refractivity contribution in [2.24, 2.45) is 7.05 Å². The molecule has 1 fully saturated rings. The van der Waals surface area contributed by atoms with Crippen molar-refractivity contribution in [2.75, 3.05) is 0 Å². The van der Waals surface area contributed by atoms with Gasteiger partial charge in [-0.1, -0.05) is 6.07 Å². The lowest BCUT2D eigenvalue weighted by atomic mass is 9.93. The van der Waals surface area contributed by atoms with Gasteiger partial charge in [-0.2, -0.15) is 0 Å². The summed E-state index contributed by atoms with van der Waals surface area (Å²) in [7, 11) is 1.61. The van der Waals surface area contributed by atoms with E-state index in [0.717, 1.165) is 12.8 Å². The summed E-state index contributed by atoms with van der Waals surface area (Å²) < 4.78 is 6.54. The monoisotopic (exact) mass is 290 g/mol. The Morgan fingerprint density at radius 3 is 2.76 bits per heavy atom. The van der Waals surface area contributed by atoms with Crippen LogP contribution in [0.3, 0.4) is 0 Å². The van der Waals surface area contributed by atoms with Gasteiger partial charge in [-0.25, -0.2) is 4.79 Å². The van der Waals surface area contributed by atoms with Gasteiger partial charge in [0.2, 0.25) is 0 Å². The summed E-state index contributed by atoms with van der Waals surface area (Å²) >= 11 is 0. The first-order valence-electron chi connectivity index (χ1n) is 7.13. The Labute approximate surface area is 121 Å². The molecule has 2 N–H and O–H groups in total. The molecule has 0 spiro atoms. The number of oxazole rings is 1. The molecule has 0 atom stereocenters. The normalized spacial score (nSPS) is 22.4. The number of amides is 1. The van der Waals surface area contributed by atoms with Crippen LogP contribution in [-0.2, 0) is 7.05 Å². The number of aliphatic hydroxyl groups is 1. The Hall–Kier alpha value is -2.08. The van der Waals surface area contributed by atoms with Crippen LogP contribution >= 0.6 is 0 Å². The Morgan fingerprint density at radius 1 is 1.33 bits per heavy atom. The summed E-state index contributed by atoms with van der Waals surface area (Å²) in [6, 6.07) is 5.19. The van der Waals surface area contributed by atoms with E-state index < -0.39 is 5.76 Å². The smallest absolute Gasteiger partial charge is 0.407 e. The number of carbonyl (C=O) groups excluding carboxylic acids is 1. The van der Waals surface area contributed by atoms with Gasteiger partial charge in [0.15, 0.2) is 5.58 Å². The van der Waals surface area contributed by atoms with Crippen LogP contribution in [0.25, 0.3) is 11.1 Å². The minimum atomic E-state index is -0.481. The second-order valence-corrected chi connectivity index (χ2v) is 5.56. The first-order chi connectivity index (χ1) is 10.1. The van der Waals surface area contributed by atoms with Crippen LogP contribution in [-0.4, -0.2) is 27.7 Å². The molecule has 21 heavy (non-hydrogen) atoms. The maximum Gasteiger partial charge on any atom is 0.419 e. The molecule has 3 rings (SSSR count). The fourth-order valence-corrected chi connectivity index (χ4v) is 2.81. The van der Waals surface area contributed by atoms with Gasteiger partial charge < -0.3 is 14.8 Å². The van der Waals surface area contributed by atoms with Crippen molar-refractivity contribution in [1.82, 2.24) is 9.88 Å². The number of aliphatic hydroxyl groups excluding tert-OH is 1. The molecule has 1 aliphatic carbocycles. The van der Waals surface area contributed by atoms with E-state index >= 15 is 0 Å². The second kappa shape index (κ2) is 5.37. The lowest BCUT2D eigenvalue weighted by Crippen LogP contribution is -2.38. The molecule has 2 aromatic rings. The van der Waals surface area contributed by atoms with E-state index in [9.17, 15) is 14.7 Å². The summed E-state index contributed by atoms with van der Waals surface area (Å²) in [6.45, 7) is 0. The number of carbonyl (C=O) groups is 1. The standard InChI is InChI=1S/C15H18N2O4/c1-17-12-4-2-3-11(13(12)21-15(17)20)14(19)16-9-5-7-10(18)8-6-9/h2-4,9-10,18H,5-8H2,1H3,(H,16,19). The summed E-state index contributed by atoms with van der Waals surface area (Å²) in [5.74, 6) is -0.720. The largest absolute Gasteiger partial charge is 0.419 e. The van der Waals surface area contributed by atoms with E-state index in [1.54, 1.807) is 25.2 Å². The Balaban J connectivity index is 1.85. The maximum absolute atomic E-state index is 12.4. The molecule has 1 amide bonds. The van der Waals surface area contributed by atoms with E-state index in [1.165, 1.54) is 4.57 Å². The van der Waals surface area contributed by atoms with Crippen molar-refractivity contribution >= 4 is 17.0 Å². The van der Waals surface area contributed by atoms with Crippen molar-refractivity contribution in [1.29, 1.82) is 0 Å². The van der Waals surface area contributed by atoms with Crippen molar-refractivity contribution in [2.45, 2.75) is 37.8 Å². The van der Waals surface area contributed by atoms with Crippen LogP contribution < -0.4 is 11.1 Å². The molecule has 0 saturated heterocycles. The number of benzene rings is 1. The Morgan fingerprint density at radius 2 is 2.05 bits per heavy atom. The zero-order valence-corrected chi connectivity index (χ0v) is 11.8. The number of aryl methyl sites for hydroxylation is 1. The number of hydrogen-bond donors (Lipinski definition) is 2. The minimum absolute atomic E-state index is 0.0617. The molecule has 1 saturated carbocycles. The number of nitrogens with one attached hydrogen (secondary N) is 1. The van der Waals surface area contributed by atoms with Crippen molar-refractivity contribution in [3.8, 4) is 0 Å². The third kappa shape index (κ3) is 2.58. The van der Waals surface area contributed by atoms with E-state index in [4.69, 9.17) is 4.42 Å². The molecule has 112 valence electrons. The van der Waals surface area contributed by atoms with Gasteiger partial charge in [-0.05, 0) is 37.8 Å². The van der Waals surface area contributed by atoms with Crippen molar-refractivity contribution in [3.05, 3.63) is 34.3 Å². The lowest BCUT2D eigenvalue weighted by Gasteiger charge is -2.26. The average molecular weight is 290 g/mol. The Kier molecular flexibility index (Phi) is 3.55. The molecule has 0 aliphatic heterocycles. The zero-order valence-electron chi connectivity index (χ0n) is 11.8. The average Bonchev–Trinajstić information content (AvgIpc) is 2.77. The van der Waals surface area contributed by atoms with Gasteiger partial charge in [-0.15, -0.1) is 0 Å². The number of fused-ring (bicyclic) bond motifs is 1. The molecule has 1 aliphatic rings. The molecular formula is C15H18N2O4. The predicted molar refractivity (Wildman–Crippen MR) is 77.2 cm³/mol. The molecule has 0 bridgehead atoms. The van der Waals surface area contributed by atoms with Gasteiger partial charge in [0.25, 0.3) is 5.91 Å². The first kappa shape index (κ1) is 13.9. The topological polar surface area (TPSA) is 84.5 Å². The van der Waals surface area contributed by atoms with E-state index in [0.29, 0.717) is 29.5 Å². The summed E-state index contributed by atoms with van der Waals surface area (Å²) in [5, 5.41) is 12.4. The third-order valence-electron chi connectivity index (χ3n) is 4.10. The third-order valence-corrected chi connectivity index (χ3v) is 4.10. The number of hydrogen-bond acceptors (Lipinski definition) is 4. The van der Waals surface area contributed by atoms with E-state index in [2.05, 4.69) is 5.32 Å². The SMILES string of the molecule is Cn1c(=O)oc2c(C(=O)NC3CCC(O)CC3)cccc21. The van der Waals surface area contributed by atoms with Gasteiger partial charge in [0.05, 0.1) is 17.2 Å². The highest BCUT2D eigenvalue weighted by Crippen LogP contribution is 2.21. The van der Waals surface area contributed by atoms with Crippen LogP contribution in [0.2, 0.25) is 0 Å². The van der Waals surface area contributed by atoms with Crippen LogP contribution in [0, 0.1) is 0 Å². The zero-order chi connectivity index (χ0) is 15.0. The predicted octanol–water partition coefficient (Wildman–Crippen LogP) is 1.16. The fraction of sp³-hybridized carbons (Fsp3) is 0.467. The summed E-state index contributed by atoms with van der Waals surface area (Å²) in [5.41, 5.74) is 1.29. The summed E-state index contributed by atoms with van der Waals surface area (Å²) in [4.78, 5) is 24.0. The Bertz CT molecular complexity index is 723. The van der Waals surface area contributed by atoms with Gasteiger partial charge >= 0.3 is 5.76 Å². The number of nitrogens with zero attached hydrogens (tertiary/aromatic N) is 1. The van der Waals surface area contributed by atoms with Crippen LogP contribution in [0.1, 0.15) is 36.0 Å². The number of rotatable bonds is 2. The minimum Gasteiger partial charge on any atom is -0.407 e. The first-order valence-corrected chi connectivity index (χ1v) is 7.13. The summed E-state index contributed by atoms with van der Waals surface area (Å²) in [6.07, 6.45) is 2.68. The fourth-order valence-electron chi connectivity index (χ4n) is 2.81. The highest BCUT2D eigenvalue weighted by Gasteiger charge is 2.23. The lowest BCUT2D eigenvalue weighted by molar-refractivity contribution is 0.0868. The molecule has 6 nitrogen and oxygen atoms in total. The quantitative estimate of drug-likeness (QED) is 0.869. The molecular weight excluding hydrogens is 272 g/mol. The van der Waals surface area contributed by atoms with E-state index in [-0.39, 0.29) is 18.1 Å². The molecule has 1 heterocycles. The molecule has 6 heteroatoms. The van der Waals surface area contributed by atoms with Gasteiger partial charge in [0.1, 0.15) is 0 Å². The molecule has 0 unspecified atom stereocenters. The van der Waals surface area contributed by atoms with Crippen LogP contribution in [0.15, 0.2) is 27.4 Å². The highest BCUT2D eigenvalue weighted by atomic mass is 16.4. The van der Waals surface area contributed by atoms with Gasteiger partial charge in [0, 0.05) is 13.1 Å². The highest BCUT2D eigenvalue weighted by molar-refractivity contribution is 6.04. The maximum atomic E-state index is 12.4. The second-order valence-electron chi connectivity index (χ2n) is 5.56.